The van der Waals surface area contributed by atoms with Gasteiger partial charge in [-0.2, -0.15) is 10.1 Å². The number of benzene rings is 1. The number of nitrogens with zero attached hydrogens (tertiary/aromatic N) is 4. The largest absolute Gasteiger partial charge is 0.480 e. The highest BCUT2D eigenvalue weighted by molar-refractivity contribution is 7.10. The van der Waals surface area contributed by atoms with Gasteiger partial charge in [-0.05, 0) is 42.1 Å². The van der Waals surface area contributed by atoms with E-state index in [0.29, 0.717) is 0 Å². The zero-order chi connectivity index (χ0) is 19.4. The molecular formula is C22H17N5OS. The maximum atomic E-state index is 6.57. The Kier molecular flexibility index (Phi) is 3.57. The van der Waals surface area contributed by atoms with Gasteiger partial charge >= 0.3 is 0 Å². The van der Waals surface area contributed by atoms with Crippen molar-refractivity contribution >= 4 is 23.0 Å². The number of aromatic nitrogens is 4. The van der Waals surface area contributed by atoms with Gasteiger partial charge in [0.15, 0.2) is 6.10 Å². The van der Waals surface area contributed by atoms with Gasteiger partial charge in [-0.25, -0.2) is 4.68 Å². The van der Waals surface area contributed by atoms with Gasteiger partial charge in [0.2, 0.25) is 5.95 Å². The molecule has 3 aromatic heterocycles. The van der Waals surface area contributed by atoms with E-state index in [1.165, 1.54) is 5.56 Å². The van der Waals surface area contributed by atoms with Crippen molar-refractivity contribution < 1.29 is 4.74 Å². The molecule has 0 fully saturated rings. The van der Waals surface area contributed by atoms with E-state index in [9.17, 15) is 0 Å². The Labute approximate surface area is 171 Å². The second-order valence-electron chi connectivity index (χ2n) is 7.19. The molecule has 2 aliphatic rings. The van der Waals surface area contributed by atoms with Crippen LogP contribution in [0.3, 0.4) is 0 Å². The predicted molar refractivity (Wildman–Crippen MR) is 112 cm³/mol. The molecule has 6 rings (SSSR count). The average Bonchev–Trinajstić information content (AvgIpc) is 3.44. The van der Waals surface area contributed by atoms with E-state index in [4.69, 9.17) is 4.74 Å². The summed E-state index contributed by atoms with van der Waals surface area (Å²) in [5.41, 5.74) is 5.45. The van der Waals surface area contributed by atoms with Crippen molar-refractivity contribution in [2.24, 2.45) is 0 Å². The number of rotatable bonds is 2. The minimum absolute atomic E-state index is 0.154. The average molecular weight is 399 g/mol. The Morgan fingerprint density at radius 1 is 1.17 bits per heavy atom. The SMILES string of the molecule is Cc1ccc2c(c1)C1=C(C(c3cccs3)O2)C(c2cccnc2)n2ncnc2N1. The molecule has 2 aliphatic heterocycles. The molecule has 1 N–H and O–H groups in total. The van der Waals surface area contributed by atoms with Crippen molar-refractivity contribution in [1.82, 2.24) is 19.7 Å². The van der Waals surface area contributed by atoms with E-state index >= 15 is 0 Å². The monoisotopic (exact) mass is 399 g/mol. The van der Waals surface area contributed by atoms with Gasteiger partial charge in [0.25, 0.3) is 0 Å². The number of hydrogen-bond acceptors (Lipinski definition) is 6. The fourth-order valence-electron chi connectivity index (χ4n) is 4.12. The van der Waals surface area contributed by atoms with Crippen LogP contribution in [0.2, 0.25) is 0 Å². The molecule has 0 aliphatic carbocycles. The highest BCUT2D eigenvalue weighted by Crippen LogP contribution is 2.51. The van der Waals surface area contributed by atoms with Crippen LogP contribution in [-0.4, -0.2) is 19.7 Å². The van der Waals surface area contributed by atoms with Crippen LogP contribution in [0.4, 0.5) is 5.95 Å². The van der Waals surface area contributed by atoms with Crippen molar-refractivity contribution in [3.63, 3.8) is 0 Å². The van der Waals surface area contributed by atoms with Crippen molar-refractivity contribution in [1.29, 1.82) is 0 Å². The van der Waals surface area contributed by atoms with Crippen LogP contribution in [0.1, 0.15) is 33.7 Å². The second kappa shape index (κ2) is 6.28. The molecule has 0 saturated heterocycles. The first-order chi connectivity index (χ1) is 14.3. The Morgan fingerprint density at radius 3 is 2.97 bits per heavy atom. The summed E-state index contributed by atoms with van der Waals surface area (Å²) >= 11 is 1.70. The summed E-state index contributed by atoms with van der Waals surface area (Å²) < 4.78 is 8.49. The Bertz CT molecular complexity index is 1230. The van der Waals surface area contributed by atoms with Crippen molar-refractivity contribution in [3.05, 3.63) is 93.7 Å². The van der Waals surface area contributed by atoms with Gasteiger partial charge in [-0.3, -0.25) is 4.98 Å². The lowest BCUT2D eigenvalue weighted by Gasteiger charge is -2.38. The minimum atomic E-state index is -0.213. The van der Waals surface area contributed by atoms with Crippen LogP contribution in [0.15, 0.2) is 72.1 Å². The molecular weight excluding hydrogens is 382 g/mol. The molecule has 0 bridgehead atoms. The number of aryl methyl sites for hydroxylation is 1. The number of thiophene rings is 1. The van der Waals surface area contributed by atoms with E-state index in [1.54, 1.807) is 23.9 Å². The Hall–Kier alpha value is -3.45. The van der Waals surface area contributed by atoms with Crippen molar-refractivity contribution in [3.8, 4) is 5.75 Å². The summed E-state index contributed by atoms with van der Waals surface area (Å²) in [6, 6.07) is 14.4. The van der Waals surface area contributed by atoms with E-state index in [2.05, 4.69) is 69.1 Å². The molecule has 0 spiro atoms. The summed E-state index contributed by atoms with van der Waals surface area (Å²) in [7, 11) is 0. The highest BCUT2D eigenvalue weighted by atomic mass is 32.1. The first-order valence-corrected chi connectivity index (χ1v) is 10.3. The van der Waals surface area contributed by atoms with Gasteiger partial charge in [-0.1, -0.05) is 23.8 Å². The van der Waals surface area contributed by atoms with Crippen molar-refractivity contribution in [2.75, 3.05) is 5.32 Å². The van der Waals surface area contributed by atoms with Crippen LogP contribution in [0.25, 0.3) is 5.70 Å². The first-order valence-electron chi connectivity index (χ1n) is 9.41. The van der Waals surface area contributed by atoms with E-state index < -0.39 is 0 Å². The molecule has 142 valence electrons. The summed E-state index contributed by atoms with van der Waals surface area (Å²) in [4.78, 5) is 9.97. The van der Waals surface area contributed by atoms with Gasteiger partial charge in [0, 0.05) is 28.4 Å². The second-order valence-corrected chi connectivity index (χ2v) is 8.16. The fourth-order valence-corrected chi connectivity index (χ4v) is 4.89. The lowest BCUT2D eigenvalue weighted by Crippen LogP contribution is -2.32. The number of pyridine rings is 1. The Morgan fingerprint density at radius 2 is 2.14 bits per heavy atom. The Balaban J connectivity index is 1.66. The molecule has 0 radical (unpaired) electrons. The topological polar surface area (TPSA) is 64.9 Å². The fraction of sp³-hybridized carbons (Fsp3) is 0.136. The molecule has 7 heteroatoms. The number of hydrogen-bond donors (Lipinski definition) is 1. The van der Waals surface area contributed by atoms with E-state index in [1.807, 2.05) is 16.9 Å². The molecule has 5 heterocycles. The first kappa shape index (κ1) is 16.5. The van der Waals surface area contributed by atoms with E-state index in [0.717, 1.165) is 39.0 Å². The third-order valence-electron chi connectivity index (χ3n) is 5.37. The lowest BCUT2D eigenvalue weighted by molar-refractivity contribution is 0.226. The molecule has 6 nitrogen and oxygen atoms in total. The summed E-state index contributed by atoms with van der Waals surface area (Å²) in [6.45, 7) is 2.09. The number of fused-ring (bicyclic) bond motifs is 3. The van der Waals surface area contributed by atoms with Crippen LogP contribution in [-0.2, 0) is 0 Å². The number of nitrogens with one attached hydrogen (secondary N) is 1. The quantitative estimate of drug-likeness (QED) is 0.534. The molecule has 2 atom stereocenters. The summed E-state index contributed by atoms with van der Waals surface area (Å²) in [6.07, 6.45) is 5.05. The molecule has 0 saturated carbocycles. The minimum Gasteiger partial charge on any atom is -0.480 e. The van der Waals surface area contributed by atoms with Gasteiger partial charge in [0.05, 0.1) is 5.70 Å². The van der Waals surface area contributed by atoms with Crippen LogP contribution in [0, 0.1) is 6.92 Å². The van der Waals surface area contributed by atoms with Gasteiger partial charge in [-0.15, -0.1) is 11.3 Å². The van der Waals surface area contributed by atoms with Gasteiger partial charge in [0.1, 0.15) is 18.1 Å². The standard InChI is InChI=1S/C22H17N5OS/c1-13-6-7-16-15(10-13)19-18(21(28-16)17-5-3-9-29-17)20(14-4-2-8-23-11-14)27-22(26-19)24-12-25-27/h2-12,20-21H,1H3,(H,24,25,26). The van der Waals surface area contributed by atoms with Crippen LogP contribution < -0.4 is 10.1 Å². The predicted octanol–water partition coefficient (Wildman–Crippen LogP) is 4.60. The smallest absolute Gasteiger partial charge is 0.226 e. The maximum Gasteiger partial charge on any atom is 0.226 e. The van der Waals surface area contributed by atoms with Crippen molar-refractivity contribution in [2.45, 2.75) is 19.1 Å². The third-order valence-corrected chi connectivity index (χ3v) is 6.29. The van der Waals surface area contributed by atoms with Crippen LogP contribution in [0.5, 0.6) is 5.75 Å². The molecule has 0 amide bonds. The molecule has 29 heavy (non-hydrogen) atoms. The van der Waals surface area contributed by atoms with Crippen LogP contribution >= 0.6 is 11.3 Å². The molecule has 2 unspecified atom stereocenters. The maximum absolute atomic E-state index is 6.57. The zero-order valence-corrected chi connectivity index (χ0v) is 16.4. The number of ether oxygens (including phenoxy) is 1. The highest BCUT2D eigenvalue weighted by Gasteiger charge is 2.41. The summed E-state index contributed by atoms with van der Waals surface area (Å²) in [5.74, 6) is 1.59. The number of anilines is 1. The molecule has 4 aromatic rings. The molecule has 1 aromatic carbocycles. The van der Waals surface area contributed by atoms with E-state index in [-0.39, 0.29) is 12.1 Å². The zero-order valence-electron chi connectivity index (χ0n) is 15.6. The normalized spacial score (nSPS) is 19.6. The van der Waals surface area contributed by atoms with Gasteiger partial charge < -0.3 is 10.1 Å². The third kappa shape index (κ3) is 2.51. The summed E-state index contributed by atoms with van der Waals surface area (Å²) in [5, 5.41) is 10.1. The lowest BCUT2D eigenvalue weighted by atomic mass is 9.87.